The maximum Gasteiger partial charge on any atom is 0.209 e. The van der Waals surface area contributed by atoms with Crippen molar-refractivity contribution in [3.8, 4) is 0 Å². The highest BCUT2D eigenvalue weighted by Gasteiger charge is 2.27. The molecule has 0 unspecified atom stereocenters. The SMILES string of the molecule is Fc1ccccc1[C@@H]1C=C(c2ccc(Br)s2)Nc2nc3ccccc3n21. The third-order valence-electron chi connectivity index (χ3n) is 4.51. The van der Waals surface area contributed by atoms with Gasteiger partial charge >= 0.3 is 0 Å². The third-order valence-corrected chi connectivity index (χ3v) is 6.16. The zero-order chi connectivity index (χ0) is 17.7. The second-order valence-electron chi connectivity index (χ2n) is 6.07. The van der Waals surface area contributed by atoms with Gasteiger partial charge in [0.15, 0.2) is 0 Å². The molecule has 0 saturated carbocycles. The quantitative estimate of drug-likeness (QED) is 0.423. The van der Waals surface area contributed by atoms with E-state index in [4.69, 9.17) is 4.98 Å². The lowest BCUT2D eigenvalue weighted by molar-refractivity contribution is 0.583. The van der Waals surface area contributed by atoms with Crippen LogP contribution in [0.5, 0.6) is 0 Å². The number of allylic oxidation sites excluding steroid dienone is 1. The van der Waals surface area contributed by atoms with E-state index in [-0.39, 0.29) is 11.9 Å². The minimum Gasteiger partial charge on any atom is -0.324 e. The lowest BCUT2D eigenvalue weighted by Gasteiger charge is -2.26. The first-order chi connectivity index (χ1) is 12.7. The van der Waals surface area contributed by atoms with E-state index in [1.54, 1.807) is 17.4 Å². The van der Waals surface area contributed by atoms with E-state index >= 15 is 0 Å². The average molecular weight is 426 g/mol. The van der Waals surface area contributed by atoms with E-state index in [1.807, 2.05) is 48.5 Å². The van der Waals surface area contributed by atoms with Crippen molar-refractivity contribution < 1.29 is 4.39 Å². The predicted molar refractivity (Wildman–Crippen MR) is 108 cm³/mol. The van der Waals surface area contributed by atoms with Gasteiger partial charge in [0.05, 0.1) is 31.4 Å². The molecule has 0 aliphatic carbocycles. The summed E-state index contributed by atoms with van der Waals surface area (Å²) in [5.41, 5.74) is 3.44. The summed E-state index contributed by atoms with van der Waals surface area (Å²) in [7, 11) is 0. The van der Waals surface area contributed by atoms with Crippen molar-refractivity contribution in [2.75, 3.05) is 5.32 Å². The van der Waals surface area contributed by atoms with Crippen LogP contribution in [0.1, 0.15) is 16.5 Å². The molecule has 1 aliphatic heterocycles. The van der Waals surface area contributed by atoms with Crippen LogP contribution >= 0.6 is 27.3 Å². The monoisotopic (exact) mass is 425 g/mol. The minimum atomic E-state index is -0.268. The number of para-hydroxylation sites is 2. The first-order valence-corrected chi connectivity index (χ1v) is 9.77. The number of fused-ring (bicyclic) bond motifs is 3. The van der Waals surface area contributed by atoms with E-state index < -0.39 is 0 Å². The molecular weight excluding hydrogens is 413 g/mol. The van der Waals surface area contributed by atoms with Crippen LogP contribution in [0.25, 0.3) is 16.7 Å². The number of rotatable bonds is 2. The number of thiophene rings is 1. The Labute approximate surface area is 161 Å². The topological polar surface area (TPSA) is 29.9 Å². The number of hydrogen-bond donors (Lipinski definition) is 1. The molecule has 0 amide bonds. The lowest BCUT2D eigenvalue weighted by Crippen LogP contribution is -2.19. The summed E-state index contributed by atoms with van der Waals surface area (Å²) in [6.07, 6.45) is 2.07. The van der Waals surface area contributed by atoms with E-state index in [2.05, 4.69) is 31.9 Å². The minimum absolute atomic E-state index is 0.217. The fraction of sp³-hybridized carbons (Fsp3) is 0.0500. The number of aromatic nitrogens is 2. The maximum atomic E-state index is 14.6. The maximum absolute atomic E-state index is 14.6. The predicted octanol–water partition coefficient (Wildman–Crippen LogP) is 6.06. The second-order valence-corrected chi connectivity index (χ2v) is 8.53. The van der Waals surface area contributed by atoms with Crippen LogP contribution < -0.4 is 5.32 Å². The van der Waals surface area contributed by atoms with Gasteiger partial charge in [0.1, 0.15) is 5.82 Å². The summed E-state index contributed by atoms with van der Waals surface area (Å²) in [4.78, 5) is 5.80. The van der Waals surface area contributed by atoms with Crippen molar-refractivity contribution in [1.82, 2.24) is 9.55 Å². The van der Waals surface area contributed by atoms with Gasteiger partial charge in [-0.3, -0.25) is 4.57 Å². The standard InChI is InChI=1S/C20H13BrFN3S/c21-19-10-9-18(26-19)15-11-17(12-5-1-2-6-13(12)22)25-16-8-4-3-7-14(16)23-20(25)24-15/h1-11,17H,(H,23,24)/t17-/m0/s1. The molecule has 5 rings (SSSR count). The van der Waals surface area contributed by atoms with Crippen molar-refractivity contribution in [3.63, 3.8) is 0 Å². The zero-order valence-electron chi connectivity index (χ0n) is 13.5. The first-order valence-electron chi connectivity index (χ1n) is 8.16. The van der Waals surface area contributed by atoms with Gasteiger partial charge in [0.25, 0.3) is 0 Å². The van der Waals surface area contributed by atoms with E-state index in [9.17, 15) is 4.39 Å². The van der Waals surface area contributed by atoms with Gasteiger partial charge in [-0.2, -0.15) is 0 Å². The van der Waals surface area contributed by atoms with Gasteiger partial charge in [-0.15, -0.1) is 11.3 Å². The van der Waals surface area contributed by atoms with Crippen LogP contribution in [-0.2, 0) is 0 Å². The molecule has 0 spiro atoms. The lowest BCUT2D eigenvalue weighted by atomic mass is 10.0. The van der Waals surface area contributed by atoms with Gasteiger partial charge in [0.2, 0.25) is 5.95 Å². The molecule has 0 saturated heterocycles. The summed E-state index contributed by atoms with van der Waals surface area (Å²) in [6.45, 7) is 0. The number of halogens is 2. The van der Waals surface area contributed by atoms with Crippen LogP contribution in [0, 0.1) is 5.82 Å². The second kappa shape index (κ2) is 6.07. The van der Waals surface area contributed by atoms with Crippen LogP contribution in [0.4, 0.5) is 10.3 Å². The number of nitrogens with one attached hydrogen (secondary N) is 1. The van der Waals surface area contributed by atoms with E-state index in [0.29, 0.717) is 5.56 Å². The number of anilines is 1. The molecule has 128 valence electrons. The van der Waals surface area contributed by atoms with E-state index in [0.717, 1.165) is 31.3 Å². The first kappa shape index (κ1) is 15.8. The molecule has 0 radical (unpaired) electrons. The Morgan fingerprint density at radius 1 is 1.04 bits per heavy atom. The fourth-order valence-corrected chi connectivity index (χ4v) is 4.72. The van der Waals surface area contributed by atoms with Crippen molar-refractivity contribution in [3.05, 3.63) is 86.8 Å². The molecule has 2 aromatic heterocycles. The summed E-state index contributed by atoms with van der Waals surface area (Å²) >= 11 is 5.15. The number of benzene rings is 2. The number of hydrogen-bond acceptors (Lipinski definition) is 3. The van der Waals surface area contributed by atoms with E-state index in [1.165, 1.54) is 6.07 Å². The van der Waals surface area contributed by atoms with Crippen LogP contribution in [0.2, 0.25) is 0 Å². The van der Waals surface area contributed by atoms with Gasteiger partial charge in [-0.25, -0.2) is 9.37 Å². The van der Waals surface area contributed by atoms with Gasteiger partial charge < -0.3 is 5.32 Å². The smallest absolute Gasteiger partial charge is 0.209 e. The normalized spacial score (nSPS) is 16.2. The van der Waals surface area contributed by atoms with Crippen molar-refractivity contribution in [1.29, 1.82) is 0 Å². The molecule has 2 aromatic carbocycles. The summed E-state index contributed by atoms with van der Waals surface area (Å²) < 4.78 is 17.7. The highest BCUT2D eigenvalue weighted by Crippen LogP contribution is 2.39. The molecule has 4 aromatic rings. The zero-order valence-corrected chi connectivity index (χ0v) is 15.9. The molecule has 3 nitrogen and oxygen atoms in total. The number of nitrogens with zero attached hydrogens (tertiary/aromatic N) is 2. The van der Waals surface area contributed by atoms with Gasteiger partial charge in [-0.1, -0.05) is 30.3 Å². The largest absolute Gasteiger partial charge is 0.324 e. The average Bonchev–Trinajstić information content (AvgIpc) is 3.24. The Morgan fingerprint density at radius 3 is 2.65 bits per heavy atom. The molecule has 26 heavy (non-hydrogen) atoms. The molecule has 0 bridgehead atoms. The Kier molecular flexibility index (Phi) is 3.69. The molecular formula is C20H13BrFN3S. The molecule has 6 heteroatoms. The summed E-state index contributed by atoms with van der Waals surface area (Å²) in [6, 6.07) is 18.6. The Hall–Kier alpha value is -2.44. The van der Waals surface area contributed by atoms with Crippen LogP contribution in [-0.4, -0.2) is 9.55 Å². The van der Waals surface area contributed by atoms with Crippen LogP contribution in [0.15, 0.2) is 70.5 Å². The summed E-state index contributed by atoms with van der Waals surface area (Å²) in [5.74, 6) is 0.507. The third kappa shape index (κ3) is 2.48. The Balaban J connectivity index is 1.76. The number of imidazole rings is 1. The Bertz CT molecular complexity index is 1160. The molecule has 1 N–H and O–H groups in total. The van der Waals surface area contributed by atoms with Crippen molar-refractivity contribution >= 4 is 49.9 Å². The van der Waals surface area contributed by atoms with Gasteiger partial charge in [-0.05, 0) is 52.3 Å². The molecule has 3 heterocycles. The Morgan fingerprint density at radius 2 is 1.85 bits per heavy atom. The summed E-state index contributed by atoms with van der Waals surface area (Å²) in [5, 5.41) is 3.42. The molecule has 1 atom stereocenters. The molecule has 1 aliphatic rings. The van der Waals surface area contributed by atoms with Crippen molar-refractivity contribution in [2.45, 2.75) is 6.04 Å². The fourth-order valence-electron chi connectivity index (χ4n) is 3.36. The highest BCUT2D eigenvalue weighted by molar-refractivity contribution is 9.11. The highest BCUT2D eigenvalue weighted by atomic mass is 79.9. The van der Waals surface area contributed by atoms with Crippen molar-refractivity contribution in [2.24, 2.45) is 0 Å². The molecule has 0 fully saturated rings. The van der Waals surface area contributed by atoms with Crippen LogP contribution in [0.3, 0.4) is 0 Å². The van der Waals surface area contributed by atoms with Gasteiger partial charge in [0, 0.05) is 5.56 Å².